The van der Waals surface area contributed by atoms with Crippen LogP contribution >= 0.6 is 0 Å². The van der Waals surface area contributed by atoms with Gasteiger partial charge in [-0.2, -0.15) is 0 Å². The van der Waals surface area contributed by atoms with Crippen LogP contribution in [0.15, 0.2) is 54.6 Å². The van der Waals surface area contributed by atoms with Crippen molar-refractivity contribution in [2.75, 3.05) is 6.67 Å². The number of unbranched alkanes of at least 4 members (excludes halogenated alkanes) is 1. The smallest absolute Gasteiger partial charge is 0.0894 e. The molecule has 0 fully saturated rings. The molecule has 0 aliphatic carbocycles. The van der Waals surface area contributed by atoms with Gasteiger partial charge in [0.2, 0.25) is 0 Å². The van der Waals surface area contributed by atoms with Gasteiger partial charge in [-0.05, 0) is 57.1 Å². The average Bonchev–Trinajstić information content (AvgIpc) is 2.54. The zero-order valence-corrected chi connectivity index (χ0v) is 11.9. The van der Waals surface area contributed by atoms with Crippen LogP contribution in [0.1, 0.15) is 18.4 Å². The second kappa shape index (κ2) is 5.00. The third-order valence-corrected chi connectivity index (χ3v) is 4.45. The molecule has 104 valence electrons. The van der Waals surface area contributed by atoms with E-state index < -0.39 is 0 Å². The first kappa shape index (κ1) is 12.6. The molecule has 0 nitrogen and oxygen atoms in total. The van der Waals surface area contributed by atoms with Gasteiger partial charge >= 0.3 is 0 Å². The highest BCUT2D eigenvalue weighted by molar-refractivity contribution is 6.23. The summed E-state index contributed by atoms with van der Waals surface area (Å²) in [6.45, 7) is -0.216. The van der Waals surface area contributed by atoms with Crippen molar-refractivity contribution in [3.63, 3.8) is 0 Å². The normalized spacial score (nSPS) is 11.9. The Morgan fingerprint density at radius 1 is 0.667 bits per heavy atom. The largest absolute Gasteiger partial charge is 0.251 e. The van der Waals surface area contributed by atoms with Gasteiger partial charge in [0, 0.05) is 0 Å². The van der Waals surface area contributed by atoms with Crippen LogP contribution in [0.25, 0.3) is 32.3 Å². The quantitative estimate of drug-likeness (QED) is 0.323. The highest BCUT2D eigenvalue weighted by atomic mass is 19.1. The molecule has 0 aliphatic heterocycles. The van der Waals surface area contributed by atoms with E-state index in [1.165, 1.54) is 37.9 Å². The van der Waals surface area contributed by atoms with E-state index in [1.807, 2.05) is 0 Å². The Morgan fingerprint density at radius 3 is 2.10 bits per heavy atom. The number of halogens is 1. The van der Waals surface area contributed by atoms with Gasteiger partial charge in [-0.15, -0.1) is 0 Å². The lowest BCUT2D eigenvalue weighted by Gasteiger charge is -2.13. The number of aryl methyl sites for hydroxylation is 1. The predicted molar refractivity (Wildman–Crippen MR) is 89.1 cm³/mol. The third-order valence-electron chi connectivity index (χ3n) is 4.45. The Balaban J connectivity index is 2.01. The maximum atomic E-state index is 12.3. The Labute approximate surface area is 123 Å². The molecule has 0 saturated heterocycles. The van der Waals surface area contributed by atoms with Crippen molar-refractivity contribution < 1.29 is 4.39 Å². The lowest BCUT2D eigenvalue weighted by molar-refractivity contribution is 0.462. The fourth-order valence-corrected chi connectivity index (χ4v) is 3.42. The fraction of sp³-hybridized carbons (Fsp3) is 0.200. The molecule has 4 aromatic rings. The van der Waals surface area contributed by atoms with Gasteiger partial charge in [0.25, 0.3) is 0 Å². The van der Waals surface area contributed by atoms with Gasteiger partial charge in [0.05, 0.1) is 6.67 Å². The van der Waals surface area contributed by atoms with E-state index in [0.29, 0.717) is 6.42 Å². The molecule has 4 rings (SSSR count). The number of hydrogen-bond donors (Lipinski definition) is 0. The zero-order chi connectivity index (χ0) is 14.2. The number of hydrogen-bond acceptors (Lipinski definition) is 0. The zero-order valence-electron chi connectivity index (χ0n) is 11.9. The number of benzene rings is 4. The summed E-state index contributed by atoms with van der Waals surface area (Å²) in [4.78, 5) is 0. The predicted octanol–water partition coefficient (Wildman–Crippen LogP) is 5.88. The first-order chi connectivity index (χ1) is 10.4. The maximum Gasteiger partial charge on any atom is 0.0894 e. The molecule has 21 heavy (non-hydrogen) atoms. The van der Waals surface area contributed by atoms with E-state index in [4.69, 9.17) is 0 Å². The average molecular weight is 276 g/mol. The van der Waals surface area contributed by atoms with Crippen molar-refractivity contribution in [2.45, 2.75) is 19.3 Å². The molecule has 0 amide bonds. The van der Waals surface area contributed by atoms with Gasteiger partial charge in [0.1, 0.15) is 0 Å². The molecule has 0 N–H and O–H groups in total. The van der Waals surface area contributed by atoms with Crippen LogP contribution in [0.2, 0.25) is 0 Å². The first-order valence-electron chi connectivity index (χ1n) is 7.60. The summed E-state index contributed by atoms with van der Waals surface area (Å²) in [5.74, 6) is 0. The standard InChI is InChI=1S/C20H17F/c21-13-2-1-4-14-7-8-17-10-9-15-5-3-6-16-11-12-18(14)20(17)19(15)16/h3,5-12H,1-2,4,13H2. The van der Waals surface area contributed by atoms with Gasteiger partial charge in [-0.1, -0.05) is 54.6 Å². The highest BCUT2D eigenvalue weighted by Crippen LogP contribution is 2.36. The molecule has 0 saturated carbocycles. The molecule has 0 radical (unpaired) electrons. The van der Waals surface area contributed by atoms with Crippen LogP contribution < -0.4 is 0 Å². The lowest BCUT2D eigenvalue weighted by atomic mass is 9.91. The van der Waals surface area contributed by atoms with Crippen LogP contribution in [0.4, 0.5) is 4.39 Å². The summed E-state index contributed by atoms with van der Waals surface area (Å²) >= 11 is 0. The van der Waals surface area contributed by atoms with Gasteiger partial charge in [-0.25, -0.2) is 0 Å². The molecule has 0 bridgehead atoms. The van der Waals surface area contributed by atoms with Gasteiger partial charge in [-0.3, -0.25) is 4.39 Å². The minimum absolute atomic E-state index is 0.216. The Bertz CT molecular complexity index is 892. The van der Waals surface area contributed by atoms with E-state index in [0.717, 1.165) is 12.8 Å². The van der Waals surface area contributed by atoms with Crippen molar-refractivity contribution in [2.24, 2.45) is 0 Å². The highest BCUT2D eigenvalue weighted by Gasteiger charge is 2.10. The van der Waals surface area contributed by atoms with Gasteiger partial charge in [0.15, 0.2) is 0 Å². The van der Waals surface area contributed by atoms with Crippen LogP contribution in [0, 0.1) is 0 Å². The van der Waals surface area contributed by atoms with E-state index in [2.05, 4.69) is 54.6 Å². The Morgan fingerprint density at radius 2 is 1.33 bits per heavy atom. The molecule has 1 heteroatoms. The minimum Gasteiger partial charge on any atom is -0.251 e. The summed E-state index contributed by atoms with van der Waals surface area (Å²) in [5.41, 5.74) is 1.34. The van der Waals surface area contributed by atoms with Crippen LogP contribution in [-0.2, 0) is 6.42 Å². The molecule has 0 aliphatic rings. The maximum absolute atomic E-state index is 12.3. The SMILES string of the molecule is FCCCCc1ccc2ccc3cccc4ccc1c2c34. The molecule has 0 spiro atoms. The second-order valence-electron chi connectivity index (χ2n) is 5.73. The first-order valence-corrected chi connectivity index (χ1v) is 7.60. The molecule has 0 unspecified atom stereocenters. The topological polar surface area (TPSA) is 0 Å². The van der Waals surface area contributed by atoms with Crippen LogP contribution in [-0.4, -0.2) is 6.67 Å². The third kappa shape index (κ3) is 1.96. The summed E-state index contributed by atoms with van der Waals surface area (Å²) < 4.78 is 12.3. The summed E-state index contributed by atoms with van der Waals surface area (Å²) in [6.07, 6.45) is 2.53. The minimum atomic E-state index is -0.216. The number of rotatable bonds is 4. The molecular weight excluding hydrogens is 259 g/mol. The monoisotopic (exact) mass is 276 g/mol. The van der Waals surface area contributed by atoms with E-state index in [9.17, 15) is 4.39 Å². The van der Waals surface area contributed by atoms with Crippen molar-refractivity contribution in [3.05, 3.63) is 60.2 Å². The molecular formula is C20H17F. The molecule has 0 heterocycles. The summed E-state index contributed by atoms with van der Waals surface area (Å²) in [5, 5.41) is 7.94. The second-order valence-corrected chi connectivity index (χ2v) is 5.73. The molecule has 0 aromatic heterocycles. The Hall–Kier alpha value is -2.15. The molecule has 4 aromatic carbocycles. The van der Waals surface area contributed by atoms with E-state index in [1.54, 1.807) is 0 Å². The van der Waals surface area contributed by atoms with Crippen molar-refractivity contribution >= 4 is 32.3 Å². The van der Waals surface area contributed by atoms with Crippen molar-refractivity contribution in [1.29, 1.82) is 0 Å². The lowest BCUT2D eigenvalue weighted by Crippen LogP contribution is -1.91. The number of alkyl halides is 1. The summed E-state index contributed by atoms with van der Waals surface area (Å²) in [6, 6.07) is 19.7. The van der Waals surface area contributed by atoms with E-state index in [-0.39, 0.29) is 6.67 Å². The molecule has 0 atom stereocenters. The van der Waals surface area contributed by atoms with Crippen LogP contribution in [0.3, 0.4) is 0 Å². The van der Waals surface area contributed by atoms with E-state index >= 15 is 0 Å². The Kier molecular flexibility index (Phi) is 2.99. The van der Waals surface area contributed by atoms with Gasteiger partial charge < -0.3 is 0 Å². The fourth-order valence-electron chi connectivity index (χ4n) is 3.42. The van der Waals surface area contributed by atoms with Crippen molar-refractivity contribution in [3.8, 4) is 0 Å². The van der Waals surface area contributed by atoms with Crippen LogP contribution in [0.5, 0.6) is 0 Å². The summed E-state index contributed by atoms with van der Waals surface area (Å²) in [7, 11) is 0. The van der Waals surface area contributed by atoms with Crippen molar-refractivity contribution in [1.82, 2.24) is 0 Å².